The average Bonchev–Trinajstić information content (AvgIpc) is 3.03. The third kappa shape index (κ3) is 5.03. The fourth-order valence-electron chi connectivity index (χ4n) is 3.03. The fourth-order valence-corrected chi connectivity index (χ4v) is 4.38. The molecule has 1 amide bonds. The van der Waals surface area contributed by atoms with Crippen molar-refractivity contribution in [1.29, 1.82) is 0 Å². The van der Waals surface area contributed by atoms with Gasteiger partial charge in [-0.3, -0.25) is 4.79 Å². The van der Waals surface area contributed by atoms with Crippen LogP contribution in [-0.4, -0.2) is 24.1 Å². The molecule has 3 N–H and O–H groups in total. The van der Waals surface area contributed by atoms with E-state index in [-0.39, 0.29) is 5.91 Å². The normalized spacial score (nSPS) is 10.2. The Hall–Kier alpha value is -3.23. The van der Waals surface area contributed by atoms with E-state index < -0.39 is 5.97 Å². The lowest BCUT2D eigenvalue weighted by Crippen LogP contribution is -2.20. The van der Waals surface area contributed by atoms with Gasteiger partial charge in [-0.15, -0.1) is 11.3 Å². The lowest BCUT2D eigenvalue weighted by molar-refractivity contribution is -0.114. The minimum atomic E-state index is -0.434. The first-order chi connectivity index (χ1) is 14.4. The zero-order chi connectivity index (χ0) is 21.7. The number of thiophene rings is 1. The molecule has 1 aromatic heterocycles. The second-order valence-corrected chi connectivity index (χ2v) is 8.07. The first-order valence-electron chi connectivity index (χ1n) is 9.12. The number of hydrogen-bond acceptors (Lipinski definition) is 5. The van der Waals surface area contributed by atoms with E-state index in [0.29, 0.717) is 27.1 Å². The number of amides is 1. The number of nitrogens with one attached hydrogen (secondary N) is 3. The summed E-state index contributed by atoms with van der Waals surface area (Å²) in [6.07, 6.45) is 0. The molecule has 30 heavy (non-hydrogen) atoms. The molecule has 0 aliphatic rings. The number of benzene rings is 2. The third-order valence-electron chi connectivity index (χ3n) is 4.20. The highest BCUT2D eigenvalue weighted by molar-refractivity contribution is 7.80. The molecule has 0 bridgehead atoms. The van der Waals surface area contributed by atoms with Crippen LogP contribution in [0.3, 0.4) is 0 Å². The van der Waals surface area contributed by atoms with E-state index in [1.807, 2.05) is 43.3 Å². The summed E-state index contributed by atoms with van der Waals surface area (Å²) in [4.78, 5) is 24.8. The van der Waals surface area contributed by atoms with Crippen molar-refractivity contribution < 1.29 is 14.3 Å². The molecule has 0 saturated heterocycles. The number of anilines is 3. The molecular weight excluding hydrogens is 418 g/mol. The van der Waals surface area contributed by atoms with E-state index in [2.05, 4.69) is 16.0 Å². The zero-order valence-electron chi connectivity index (χ0n) is 16.7. The highest BCUT2D eigenvalue weighted by atomic mass is 32.1. The maximum atomic E-state index is 12.6. The van der Waals surface area contributed by atoms with E-state index >= 15 is 0 Å². The summed E-state index contributed by atoms with van der Waals surface area (Å²) in [5, 5.41) is 9.85. The molecule has 0 aliphatic heterocycles. The maximum Gasteiger partial charge on any atom is 0.341 e. The van der Waals surface area contributed by atoms with Gasteiger partial charge in [0.15, 0.2) is 5.11 Å². The lowest BCUT2D eigenvalue weighted by atomic mass is 10.0. The standard InChI is InChI=1S/C22H21N3O3S2/c1-13-18(15-8-5-4-6-9-15)19(21(27)28-3)20(30-13)25-22(29)24-17-11-7-10-16(12-17)23-14(2)26/h4-12H,1-3H3,(H,23,26)(H2,24,25,29). The SMILES string of the molecule is COC(=O)c1c(NC(=S)Nc2cccc(NC(C)=O)c2)sc(C)c1-c1ccccc1. The number of methoxy groups -OCH3 is 1. The van der Waals surface area contributed by atoms with Crippen molar-refractivity contribution in [2.24, 2.45) is 0 Å². The van der Waals surface area contributed by atoms with Gasteiger partial charge in [0.25, 0.3) is 0 Å². The monoisotopic (exact) mass is 439 g/mol. The van der Waals surface area contributed by atoms with Crippen molar-refractivity contribution in [3.05, 3.63) is 65.0 Å². The van der Waals surface area contributed by atoms with Gasteiger partial charge in [0, 0.05) is 28.7 Å². The molecule has 0 fully saturated rings. The Morgan fingerprint density at radius 3 is 2.27 bits per heavy atom. The zero-order valence-corrected chi connectivity index (χ0v) is 18.4. The quantitative estimate of drug-likeness (QED) is 0.371. The number of rotatable bonds is 5. The van der Waals surface area contributed by atoms with Gasteiger partial charge in [-0.1, -0.05) is 36.4 Å². The van der Waals surface area contributed by atoms with Crippen LogP contribution >= 0.6 is 23.6 Å². The Kier molecular flexibility index (Phi) is 6.81. The summed E-state index contributed by atoms with van der Waals surface area (Å²) < 4.78 is 5.03. The molecule has 8 heteroatoms. The summed E-state index contributed by atoms with van der Waals surface area (Å²) in [5.41, 5.74) is 3.56. The summed E-state index contributed by atoms with van der Waals surface area (Å²) in [6.45, 7) is 3.40. The topological polar surface area (TPSA) is 79.5 Å². The van der Waals surface area contributed by atoms with Crippen molar-refractivity contribution in [3.63, 3.8) is 0 Å². The van der Waals surface area contributed by atoms with Crippen molar-refractivity contribution in [2.45, 2.75) is 13.8 Å². The molecule has 6 nitrogen and oxygen atoms in total. The Morgan fingerprint density at radius 1 is 0.967 bits per heavy atom. The second kappa shape index (κ2) is 9.51. The first kappa shape index (κ1) is 21.5. The van der Waals surface area contributed by atoms with Crippen LogP contribution in [0.25, 0.3) is 11.1 Å². The van der Waals surface area contributed by atoms with Crippen molar-refractivity contribution in [1.82, 2.24) is 0 Å². The van der Waals surface area contributed by atoms with Crippen LogP contribution < -0.4 is 16.0 Å². The summed E-state index contributed by atoms with van der Waals surface area (Å²) in [7, 11) is 1.36. The molecule has 0 radical (unpaired) electrons. The van der Waals surface area contributed by atoms with Gasteiger partial charge in [-0.05, 0) is 42.9 Å². The molecule has 0 atom stereocenters. The summed E-state index contributed by atoms with van der Waals surface area (Å²) in [6, 6.07) is 16.9. The molecule has 1 heterocycles. The van der Waals surface area contributed by atoms with Gasteiger partial charge in [-0.25, -0.2) is 4.79 Å². The highest BCUT2D eigenvalue weighted by Gasteiger charge is 2.24. The molecule has 0 aliphatic carbocycles. The third-order valence-corrected chi connectivity index (χ3v) is 5.43. The number of carbonyl (C=O) groups excluding carboxylic acids is 2. The smallest absolute Gasteiger partial charge is 0.341 e. The van der Waals surface area contributed by atoms with E-state index in [1.54, 1.807) is 18.2 Å². The molecule has 0 saturated carbocycles. The predicted molar refractivity (Wildman–Crippen MR) is 126 cm³/mol. The Labute approximate surface area is 184 Å². The molecular formula is C22H21N3O3S2. The van der Waals surface area contributed by atoms with Crippen LogP contribution in [0.2, 0.25) is 0 Å². The van der Waals surface area contributed by atoms with Gasteiger partial charge >= 0.3 is 5.97 Å². The van der Waals surface area contributed by atoms with E-state index in [1.165, 1.54) is 25.4 Å². The van der Waals surface area contributed by atoms with E-state index in [4.69, 9.17) is 17.0 Å². The van der Waals surface area contributed by atoms with Gasteiger partial charge in [-0.2, -0.15) is 0 Å². The van der Waals surface area contributed by atoms with Crippen LogP contribution in [0.5, 0.6) is 0 Å². The van der Waals surface area contributed by atoms with Crippen LogP contribution in [0.1, 0.15) is 22.2 Å². The fraction of sp³-hybridized carbons (Fsp3) is 0.136. The highest BCUT2D eigenvalue weighted by Crippen LogP contribution is 2.40. The Balaban J connectivity index is 1.87. The number of hydrogen-bond donors (Lipinski definition) is 3. The van der Waals surface area contributed by atoms with Crippen molar-refractivity contribution >= 4 is 56.9 Å². The van der Waals surface area contributed by atoms with Crippen LogP contribution in [-0.2, 0) is 9.53 Å². The van der Waals surface area contributed by atoms with Crippen molar-refractivity contribution in [3.8, 4) is 11.1 Å². The Bertz CT molecular complexity index is 1090. The molecule has 0 unspecified atom stereocenters. The first-order valence-corrected chi connectivity index (χ1v) is 10.3. The Morgan fingerprint density at radius 2 is 1.63 bits per heavy atom. The van der Waals surface area contributed by atoms with E-state index in [9.17, 15) is 9.59 Å². The minimum absolute atomic E-state index is 0.155. The maximum absolute atomic E-state index is 12.6. The predicted octanol–water partition coefficient (Wildman–Crippen LogP) is 5.28. The van der Waals surface area contributed by atoms with Crippen molar-refractivity contribution in [2.75, 3.05) is 23.1 Å². The number of carbonyl (C=O) groups is 2. The van der Waals surface area contributed by atoms with E-state index in [0.717, 1.165) is 16.0 Å². The summed E-state index contributed by atoms with van der Waals surface area (Å²) in [5.74, 6) is -0.589. The molecule has 3 rings (SSSR count). The number of aryl methyl sites for hydroxylation is 1. The van der Waals surface area contributed by atoms with Crippen LogP contribution in [0.4, 0.5) is 16.4 Å². The average molecular weight is 440 g/mol. The summed E-state index contributed by atoms with van der Waals surface area (Å²) >= 11 is 6.88. The van der Waals surface area contributed by atoms with Gasteiger partial charge in [0.2, 0.25) is 5.91 Å². The van der Waals surface area contributed by atoms with Crippen LogP contribution in [0, 0.1) is 6.92 Å². The molecule has 0 spiro atoms. The van der Waals surface area contributed by atoms with Gasteiger partial charge in [0.05, 0.1) is 7.11 Å². The number of esters is 1. The van der Waals surface area contributed by atoms with Crippen LogP contribution in [0.15, 0.2) is 54.6 Å². The van der Waals surface area contributed by atoms with Gasteiger partial charge < -0.3 is 20.7 Å². The molecule has 2 aromatic carbocycles. The molecule has 154 valence electrons. The second-order valence-electron chi connectivity index (χ2n) is 6.44. The minimum Gasteiger partial charge on any atom is -0.465 e. The lowest BCUT2D eigenvalue weighted by Gasteiger charge is -2.12. The van der Waals surface area contributed by atoms with Gasteiger partial charge in [0.1, 0.15) is 10.6 Å². The number of ether oxygens (including phenoxy) is 1. The molecule has 3 aromatic rings. The number of thiocarbonyl (C=S) groups is 1. The largest absolute Gasteiger partial charge is 0.465 e.